The molecule has 2 aromatic rings. The Morgan fingerprint density at radius 3 is 2.42 bits per heavy atom. The summed E-state index contributed by atoms with van der Waals surface area (Å²) in [6, 6.07) is 8.74. The van der Waals surface area contributed by atoms with Crippen LogP contribution in [0, 0.1) is 12.8 Å². The maximum atomic E-state index is 12.0. The van der Waals surface area contributed by atoms with Crippen molar-refractivity contribution in [3.05, 3.63) is 35.5 Å². The first-order valence-corrected chi connectivity index (χ1v) is 9.83. The monoisotopic (exact) mass is 353 g/mol. The minimum absolute atomic E-state index is 0.0485. The van der Waals surface area contributed by atoms with Gasteiger partial charge in [0.25, 0.3) is 0 Å². The lowest BCUT2D eigenvalue weighted by molar-refractivity contribution is -0.124. The summed E-state index contributed by atoms with van der Waals surface area (Å²) in [7, 11) is 0. The summed E-state index contributed by atoms with van der Waals surface area (Å²) in [6.45, 7) is 12.5. The fourth-order valence-corrected chi connectivity index (χ4v) is 3.98. The number of hydrogen-bond donors (Lipinski definition) is 1. The van der Waals surface area contributed by atoms with Gasteiger partial charge in [-0.2, -0.15) is 0 Å². The van der Waals surface area contributed by atoms with Gasteiger partial charge in [-0.15, -0.1) is 0 Å². The Labute approximate surface area is 157 Å². The Balaban J connectivity index is 1.89. The number of aromatic nitrogens is 1. The normalized spacial score (nSPS) is 15.9. The number of amides is 1. The highest BCUT2D eigenvalue weighted by molar-refractivity contribution is 5.94. The zero-order valence-corrected chi connectivity index (χ0v) is 16.7. The van der Waals surface area contributed by atoms with Gasteiger partial charge in [0, 0.05) is 36.1 Å². The summed E-state index contributed by atoms with van der Waals surface area (Å²) in [5, 5.41) is 4.44. The SMILES string of the molecule is Cc1nc2ccccc2c(N2CCC(NC(=O)C(C)C)CC2)c1C(C)C. The number of hydrogen-bond acceptors (Lipinski definition) is 3. The van der Waals surface area contributed by atoms with Crippen molar-refractivity contribution >= 4 is 22.5 Å². The van der Waals surface area contributed by atoms with Gasteiger partial charge in [0.1, 0.15) is 0 Å². The van der Waals surface area contributed by atoms with Gasteiger partial charge >= 0.3 is 0 Å². The highest BCUT2D eigenvalue weighted by Gasteiger charge is 2.26. The number of pyridine rings is 1. The molecule has 1 aromatic carbocycles. The maximum Gasteiger partial charge on any atom is 0.222 e. The second-order valence-corrected chi connectivity index (χ2v) is 8.06. The molecule has 0 bridgehead atoms. The second kappa shape index (κ2) is 7.65. The fourth-order valence-electron chi connectivity index (χ4n) is 3.98. The molecule has 4 nitrogen and oxygen atoms in total. The van der Waals surface area contributed by atoms with Crippen molar-refractivity contribution in [3.63, 3.8) is 0 Å². The third-order valence-corrected chi connectivity index (χ3v) is 5.35. The molecule has 0 atom stereocenters. The highest BCUT2D eigenvalue weighted by atomic mass is 16.1. The Morgan fingerprint density at radius 1 is 1.15 bits per heavy atom. The van der Waals surface area contributed by atoms with E-state index in [1.165, 1.54) is 16.6 Å². The zero-order valence-electron chi connectivity index (χ0n) is 16.7. The highest BCUT2D eigenvalue weighted by Crippen LogP contribution is 2.37. The lowest BCUT2D eigenvalue weighted by Crippen LogP contribution is -2.46. The molecule has 26 heavy (non-hydrogen) atoms. The third-order valence-electron chi connectivity index (χ3n) is 5.35. The van der Waals surface area contributed by atoms with E-state index in [0.717, 1.165) is 37.1 Å². The predicted molar refractivity (Wildman–Crippen MR) is 109 cm³/mol. The molecule has 4 heteroatoms. The van der Waals surface area contributed by atoms with Crippen LogP contribution < -0.4 is 10.2 Å². The molecule has 3 rings (SSSR count). The molecule has 1 amide bonds. The number of nitrogens with zero attached hydrogens (tertiary/aromatic N) is 2. The minimum Gasteiger partial charge on any atom is -0.371 e. The quantitative estimate of drug-likeness (QED) is 0.886. The van der Waals surface area contributed by atoms with Gasteiger partial charge in [0.05, 0.1) is 11.2 Å². The molecule has 1 aromatic heterocycles. The Hall–Kier alpha value is -2.10. The first-order chi connectivity index (χ1) is 12.4. The number of carbonyl (C=O) groups excluding carboxylic acids is 1. The number of anilines is 1. The van der Waals surface area contributed by atoms with Gasteiger partial charge < -0.3 is 10.2 Å². The summed E-state index contributed by atoms with van der Waals surface area (Å²) >= 11 is 0. The van der Waals surface area contributed by atoms with Crippen LogP contribution in [0.15, 0.2) is 24.3 Å². The third kappa shape index (κ3) is 3.69. The van der Waals surface area contributed by atoms with Crippen LogP contribution in [-0.4, -0.2) is 30.0 Å². The Bertz CT molecular complexity index is 789. The van der Waals surface area contributed by atoms with Crippen molar-refractivity contribution in [1.29, 1.82) is 0 Å². The first kappa shape index (κ1) is 18.7. The Kier molecular flexibility index (Phi) is 5.49. The number of nitrogens with one attached hydrogen (secondary N) is 1. The molecule has 1 saturated heterocycles. The molecule has 140 valence electrons. The van der Waals surface area contributed by atoms with Gasteiger partial charge in [-0.3, -0.25) is 9.78 Å². The first-order valence-electron chi connectivity index (χ1n) is 9.83. The van der Waals surface area contributed by atoms with Crippen molar-refractivity contribution in [2.75, 3.05) is 18.0 Å². The van der Waals surface area contributed by atoms with Crippen LogP contribution in [0.25, 0.3) is 10.9 Å². The molecule has 0 aliphatic carbocycles. The van der Waals surface area contributed by atoms with E-state index in [9.17, 15) is 4.79 Å². The van der Waals surface area contributed by atoms with Gasteiger partial charge in [-0.1, -0.05) is 45.9 Å². The summed E-state index contributed by atoms with van der Waals surface area (Å²) in [4.78, 5) is 19.3. The molecule has 1 aliphatic heterocycles. The number of rotatable bonds is 4. The number of para-hydroxylation sites is 1. The molecular formula is C22H31N3O. The second-order valence-electron chi connectivity index (χ2n) is 8.06. The molecule has 1 fully saturated rings. The van der Waals surface area contributed by atoms with Gasteiger partial charge in [0.15, 0.2) is 0 Å². The number of fused-ring (bicyclic) bond motifs is 1. The molecule has 0 saturated carbocycles. The van der Waals surface area contributed by atoms with E-state index in [1.807, 2.05) is 13.8 Å². The maximum absolute atomic E-state index is 12.0. The van der Waals surface area contributed by atoms with Crippen molar-refractivity contribution in [2.24, 2.45) is 5.92 Å². The summed E-state index contributed by atoms with van der Waals surface area (Å²) in [6.07, 6.45) is 1.98. The van der Waals surface area contributed by atoms with E-state index < -0.39 is 0 Å². The fraction of sp³-hybridized carbons (Fsp3) is 0.545. The van der Waals surface area contributed by atoms with Crippen molar-refractivity contribution in [1.82, 2.24) is 10.3 Å². The molecule has 1 N–H and O–H groups in total. The molecule has 0 radical (unpaired) electrons. The van der Waals surface area contributed by atoms with Gasteiger partial charge in [-0.05, 0) is 37.3 Å². The minimum atomic E-state index is 0.0485. The smallest absolute Gasteiger partial charge is 0.222 e. The van der Waals surface area contributed by atoms with E-state index in [4.69, 9.17) is 4.98 Å². The molecular weight excluding hydrogens is 322 g/mol. The standard InChI is InChI=1S/C22H31N3O/c1-14(2)20-16(5)23-19-9-7-6-8-18(19)21(20)25-12-10-17(11-13-25)24-22(26)15(3)4/h6-9,14-15,17H,10-13H2,1-5H3,(H,24,26). The van der Waals surface area contributed by atoms with Crippen LogP contribution in [0.3, 0.4) is 0 Å². The van der Waals surface area contributed by atoms with Crippen LogP contribution in [-0.2, 0) is 4.79 Å². The molecule has 2 heterocycles. The van der Waals surface area contributed by atoms with Crippen LogP contribution in [0.4, 0.5) is 5.69 Å². The van der Waals surface area contributed by atoms with E-state index in [-0.39, 0.29) is 17.9 Å². The summed E-state index contributed by atoms with van der Waals surface area (Å²) in [5.74, 6) is 0.643. The number of piperidine rings is 1. The van der Waals surface area contributed by atoms with Crippen LogP contribution in [0.2, 0.25) is 0 Å². The summed E-state index contributed by atoms with van der Waals surface area (Å²) in [5.41, 5.74) is 4.90. The average molecular weight is 354 g/mol. The van der Waals surface area contributed by atoms with Crippen molar-refractivity contribution in [3.8, 4) is 0 Å². The van der Waals surface area contributed by atoms with E-state index >= 15 is 0 Å². The predicted octanol–water partition coefficient (Wildman–Crippen LogP) is 4.41. The van der Waals surface area contributed by atoms with Crippen molar-refractivity contribution in [2.45, 2.75) is 59.4 Å². The molecule has 0 spiro atoms. The molecule has 0 unspecified atom stereocenters. The number of aryl methyl sites for hydroxylation is 1. The largest absolute Gasteiger partial charge is 0.371 e. The summed E-state index contributed by atoms with van der Waals surface area (Å²) < 4.78 is 0. The average Bonchev–Trinajstić information content (AvgIpc) is 2.60. The van der Waals surface area contributed by atoms with E-state index in [1.54, 1.807) is 0 Å². The topological polar surface area (TPSA) is 45.2 Å². The van der Waals surface area contributed by atoms with Gasteiger partial charge in [0.2, 0.25) is 5.91 Å². The lowest BCUT2D eigenvalue weighted by Gasteiger charge is -2.37. The van der Waals surface area contributed by atoms with Crippen molar-refractivity contribution < 1.29 is 4.79 Å². The van der Waals surface area contributed by atoms with E-state index in [2.05, 4.69) is 55.3 Å². The van der Waals surface area contributed by atoms with Crippen LogP contribution in [0.1, 0.15) is 57.7 Å². The Morgan fingerprint density at radius 2 is 1.81 bits per heavy atom. The lowest BCUT2D eigenvalue weighted by atomic mass is 9.94. The van der Waals surface area contributed by atoms with Crippen LogP contribution in [0.5, 0.6) is 0 Å². The zero-order chi connectivity index (χ0) is 18.8. The number of carbonyl (C=O) groups is 1. The van der Waals surface area contributed by atoms with Crippen LogP contribution >= 0.6 is 0 Å². The number of benzene rings is 1. The molecule has 1 aliphatic rings. The van der Waals surface area contributed by atoms with E-state index in [0.29, 0.717) is 5.92 Å². The van der Waals surface area contributed by atoms with Gasteiger partial charge in [-0.25, -0.2) is 0 Å².